The average Bonchev–Trinajstić information content (AvgIpc) is 2.15. The first-order valence-electron chi connectivity index (χ1n) is 4.29. The molecule has 84 valence electrons. The van der Waals surface area contributed by atoms with Crippen LogP contribution in [0.3, 0.4) is 0 Å². The number of phenols is 1. The van der Waals surface area contributed by atoms with Crippen LogP contribution in [0.1, 0.15) is 19.4 Å². The van der Waals surface area contributed by atoms with Gasteiger partial charge in [-0.15, -0.1) is 0 Å². The van der Waals surface area contributed by atoms with Crippen LogP contribution < -0.4 is 0 Å². The van der Waals surface area contributed by atoms with Crippen molar-refractivity contribution in [1.82, 2.24) is 0 Å². The van der Waals surface area contributed by atoms with Crippen molar-refractivity contribution in [2.24, 2.45) is 0 Å². The van der Waals surface area contributed by atoms with Gasteiger partial charge in [-0.25, -0.2) is 13.2 Å². The van der Waals surface area contributed by atoms with E-state index in [2.05, 4.69) is 0 Å². The number of hydrogen-bond donors (Lipinski definition) is 2. The van der Waals surface area contributed by atoms with E-state index in [1.807, 2.05) is 0 Å². The van der Waals surface area contributed by atoms with Crippen LogP contribution in [0.4, 0.5) is 13.2 Å². The average molecular weight is 220 g/mol. The van der Waals surface area contributed by atoms with E-state index < -0.39 is 40.8 Å². The number of benzene rings is 1. The maximum absolute atomic E-state index is 13.4. The molecule has 0 aromatic heterocycles. The molecule has 0 atom stereocenters. The molecular formula is C10H11F3O2. The van der Waals surface area contributed by atoms with Gasteiger partial charge in [-0.2, -0.15) is 0 Å². The molecule has 0 aliphatic carbocycles. The molecule has 0 fully saturated rings. The monoisotopic (exact) mass is 220 g/mol. The maximum Gasteiger partial charge on any atom is 0.171 e. The van der Waals surface area contributed by atoms with Crippen molar-refractivity contribution < 1.29 is 23.4 Å². The van der Waals surface area contributed by atoms with E-state index in [4.69, 9.17) is 10.2 Å². The fourth-order valence-electron chi connectivity index (χ4n) is 1.26. The lowest BCUT2D eigenvalue weighted by Gasteiger charge is -2.23. The number of phenolic OH excluding ortho intramolecular Hbond substituents is 1. The van der Waals surface area contributed by atoms with Crippen LogP contribution in [-0.4, -0.2) is 16.8 Å². The van der Waals surface area contributed by atoms with E-state index in [1.165, 1.54) is 13.8 Å². The molecule has 0 spiro atoms. The second-order valence-corrected chi connectivity index (χ2v) is 3.92. The van der Waals surface area contributed by atoms with Crippen molar-refractivity contribution in [3.63, 3.8) is 0 Å². The Morgan fingerprint density at radius 3 is 2.20 bits per heavy atom. The molecule has 0 saturated carbocycles. The molecular weight excluding hydrogens is 209 g/mol. The van der Waals surface area contributed by atoms with Gasteiger partial charge in [0.1, 0.15) is 0 Å². The van der Waals surface area contributed by atoms with Crippen LogP contribution in [0.5, 0.6) is 5.75 Å². The third kappa shape index (κ3) is 1.92. The predicted molar refractivity (Wildman–Crippen MR) is 48.1 cm³/mol. The van der Waals surface area contributed by atoms with E-state index in [-0.39, 0.29) is 0 Å². The van der Waals surface area contributed by atoms with E-state index in [0.29, 0.717) is 6.07 Å². The summed E-state index contributed by atoms with van der Waals surface area (Å²) in [6.45, 7) is 2.12. The zero-order chi connectivity index (χ0) is 11.8. The van der Waals surface area contributed by atoms with Crippen LogP contribution in [0, 0.1) is 17.5 Å². The lowest BCUT2D eigenvalue weighted by Crippen LogP contribution is -2.26. The summed E-state index contributed by atoms with van der Waals surface area (Å²) < 4.78 is 39.5. The lowest BCUT2D eigenvalue weighted by molar-refractivity contribution is 0.208. The van der Waals surface area contributed by atoms with Crippen LogP contribution in [0.2, 0.25) is 0 Å². The Hall–Kier alpha value is -1.23. The number of aliphatic hydroxyl groups is 1. The Kier molecular flexibility index (Phi) is 2.95. The standard InChI is InChI=1S/C10H11F3O2/c1-10(2,4-14)7-8(12)5(11)3-6(15)9(7)13/h3,14-15H,4H2,1-2H3. The molecule has 2 N–H and O–H groups in total. The molecule has 2 nitrogen and oxygen atoms in total. The van der Waals surface area contributed by atoms with Crippen molar-refractivity contribution >= 4 is 0 Å². The lowest BCUT2D eigenvalue weighted by atomic mass is 9.84. The third-order valence-electron chi connectivity index (χ3n) is 2.21. The molecule has 0 bridgehead atoms. The molecule has 0 heterocycles. The highest BCUT2D eigenvalue weighted by atomic mass is 19.2. The highest BCUT2D eigenvalue weighted by molar-refractivity contribution is 5.36. The van der Waals surface area contributed by atoms with Crippen molar-refractivity contribution in [1.29, 1.82) is 0 Å². The molecule has 0 aliphatic rings. The van der Waals surface area contributed by atoms with Crippen molar-refractivity contribution in [2.75, 3.05) is 6.61 Å². The number of halogens is 3. The highest BCUT2D eigenvalue weighted by Crippen LogP contribution is 2.33. The molecule has 0 unspecified atom stereocenters. The van der Waals surface area contributed by atoms with Crippen molar-refractivity contribution in [3.8, 4) is 5.75 Å². The summed E-state index contributed by atoms with van der Waals surface area (Å²) in [4.78, 5) is 0. The highest BCUT2D eigenvalue weighted by Gasteiger charge is 2.31. The van der Waals surface area contributed by atoms with E-state index in [1.54, 1.807) is 0 Å². The molecule has 1 rings (SSSR count). The van der Waals surface area contributed by atoms with Crippen LogP contribution in [0.15, 0.2) is 6.07 Å². The Morgan fingerprint density at radius 2 is 1.73 bits per heavy atom. The minimum atomic E-state index is -1.38. The minimum Gasteiger partial charge on any atom is -0.505 e. The van der Waals surface area contributed by atoms with E-state index in [0.717, 1.165) is 0 Å². The van der Waals surface area contributed by atoms with Gasteiger partial charge in [0.2, 0.25) is 0 Å². The van der Waals surface area contributed by atoms with Gasteiger partial charge in [-0.05, 0) is 0 Å². The van der Waals surface area contributed by atoms with E-state index in [9.17, 15) is 13.2 Å². The van der Waals surface area contributed by atoms with Gasteiger partial charge in [0.25, 0.3) is 0 Å². The van der Waals surface area contributed by atoms with Gasteiger partial charge in [0.15, 0.2) is 23.2 Å². The quantitative estimate of drug-likeness (QED) is 0.749. The molecule has 0 radical (unpaired) electrons. The van der Waals surface area contributed by atoms with Crippen LogP contribution >= 0.6 is 0 Å². The summed E-state index contributed by atoms with van der Waals surface area (Å²) in [7, 11) is 0. The molecule has 15 heavy (non-hydrogen) atoms. The summed E-state index contributed by atoms with van der Waals surface area (Å²) in [6, 6.07) is 0.363. The van der Waals surface area contributed by atoms with Gasteiger partial charge in [0.05, 0.1) is 6.61 Å². The van der Waals surface area contributed by atoms with Crippen molar-refractivity contribution in [3.05, 3.63) is 29.1 Å². The number of aromatic hydroxyl groups is 1. The molecule has 0 amide bonds. The topological polar surface area (TPSA) is 40.5 Å². The second-order valence-electron chi connectivity index (χ2n) is 3.92. The summed E-state index contributed by atoms with van der Waals surface area (Å²) in [5.74, 6) is -4.94. The Labute approximate surface area is 85.0 Å². The summed E-state index contributed by atoms with van der Waals surface area (Å²) in [5, 5.41) is 17.9. The summed E-state index contributed by atoms with van der Waals surface area (Å²) in [6.07, 6.45) is 0. The van der Waals surface area contributed by atoms with Gasteiger partial charge in [0, 0.05) is 17.0 Å². The molecule has 0 saturated heterocycles. The Bertz CT molecular complexity index is 362. The number of rotatable bonds is 2. The SMILES string of the molecule is CC(C)(CO)c1c(F)c(O)cc(F)c1F. The number of aliphatic hydroxyl groups excluding tert-OH is 1. The maximum atomic E-state index is 13.4. The first kappa shape index (κ1) is 11.8. The van der Waals surface area contributed by atoms with Gasteiger partial charge in [-0.3, -0.25) is 0 Å². The Balaban J connectivity index is 3.53. The van der Waals surface area contributed by atoms with Gasteiger partial charge >= 0.3 is 0 Å². The fraction of sp³-hybridized carbons (Fsp3) is 0.400. The zero-order valence-corrected chi connectivity index (χ0v) is 8.31. The smallest absolute Gasteiger partial charge is 0.171 e. The van der Waals surface area contributed by atoms with Crippen LogP contribution in [-0.2, 0) is 5.41 Å². The molecule has 1 aromatic rings. The second kappa shape index (κ2) is 3.73. The Morgan fingerprint density at radius 1 is 1.20 bits per heavy atom. The first-order valence-corrected chi connectivity index (χ1v) is 4.29. The zero-order valence-electron chi connectivity index (χ0n) is 8.31. The summed E-state index contributed by atoms with van der Waals surface area (Å²) in [5.41, 5.74) is -1.95. The van der Waals surface area contributed by atoms with Crippen molar-refractivity contribution in [2.45, 2.75) is 19.3 Å². The molecule has 1 aromatic carbocycles. The molecule has 5 heteroatoms. The third-order valence-corrected chi connectivity index (χ3v) is 2.21. The normalized spacial score (nSPS) is 11.9. The fourth-order valence-corrected chi connectivity index (χ4v) is 1.26. The molecule has 0 aliphatic heterocycles. The predicted octanol–water partition coefficient (Wildman–Crippen LogP) is 2.08. The van der Waals surface area contributed by atoms with E-state index >= 15 is 0 Å². The minimum absolute atomic E-state index is 0.363. The first-order chi connectivity index (χ1) is 6.81. The van der Waals surface area contributed by atoms with Gasteiger partial charge in [-0.1, -0.05) is 13.8 Å². The van der Waals surface area contributed by atoms with Gasteiger partial charge < -0.3 is 10.2 Å². The summed E-state index contributed by atoms with van der Waals surface area (Å²) >= 11 is 0. The number of hydrogen-bond acceptors (Lipinski definition) is 2. The van der Waals surface area contributed by atoms with Crippen LogP contribution in [0.25, 0.3) is 0 Å². The largest absolute Gasteiger partial charge is 0.505 e.